The Bertz CT molecular complexity index is 1140. The van der Waals surface area contributed by atoms with Gasteiger partial charge in [-0.1, -0.05) is 41.4 Å². The summed E-state index contributed by atoms with van der Waals surface area (Å²) >= 11 is 12.0. The third-order valence-electron chi connectivity index (χ3n) is 3.97. The number of nitrogens with one attached hydrogen (secondary N) is 3. The lowest BCUT2D eigenvalue weighted by atomic mass is 10.1. The van der Waals surface area contributed by atoms with E-state index in [1.54, 1.807) is 30.5 Å². The van der Waals surface area contributed by atoms with Crippen molar-refractivity contribution in [3.8, 4) is 11.3 Å². The summed E-state index contributed by atoms with van der Waals surface area (Å²) in [5.41, 5.74) is 5.91. The van der Waals surface area contributed by atoms with Gasteiger partial charge in [0, 0.05) is 38.3 Å². The zero-order valence-electron chi connectivity index (χ0n) is 13.8. The van der Waals surface area contributed by atoms with Gasteiger partial charge in [0.05, 0.1) is 11.9 Å². The number of H-pyrrole nitrogens is 2. The van der Waals surface area contributed by atoms with Gasteiger partial charge in [-0.2, -0.15) is 10.2 Å². The molecule has 6 nitrogen and oxygen atoms in total. The van der Waals surface area contributed by atoms with Crippen molar-refractivity contribution in [2.45, 2.75) is 0 Å². The van der Waals surface area contributed by atoms with E-state index in [0.29, 0.717) is 21.3 Å². The summed E-state index contributed by atoms with van der Waals surface area (Å²) in [7, 11) is 0. The van der Waals surface area contributed by atoms with Gasteiger partial charge in [-0.05, 0) is 30.3 Å². The molecule has 0 unspecified atom stereocenters. The number of rotatable bonds is 4. The molecule has 134 valence electrons. The third-order valence-corrected chi connectivity index (χ3v) is 4.41. The van der Waals surface area contributed by atoms with Crippen LogP contribution in [0.2, 0.25) is 10.0 Å². The largest absolute Gasteiger partial charge is 0.361 e. The predicted octanol–water partition coefficient (Wildman–Crippen LogP) is 4.63. The molecule has 0 saturated carbocycles. The van der Waals surface area contributed by atoms with E-state index in [0.717, 1.165) is 16.5 Å². The molecule has 0 saturated heterocycles. The van der Waals surface area contributed by atoms with Gasteiger partial charge in [-0.3, -0.25) is 9.89 Å². The van der Waals surface area contributed by atoms with Crippen LogP contribution in [0.5, 0.6) is 0 Å². The first-order valence-corrected chi connectivity index (χ1v) is 8.77. The van der Waals surface area contributed by atoms with Crippen molar-refractivity contribution in [1.29, 1.82) is 0 Å². The fraction of sp³-hybridized carbons (Fsp3) is 0. The van der Waals surface area contributed by atoms with Crippen molar-refractivity contribution in [3.05, 3.63) is 76.0 Å². The van der Waals surface area contributed by atoms with E-state index in [1.807, 2.05) is 30.5 Å². The van der Waals surface area contributed by atoms with E-state index < -0.39 is 5.91 Å². The van der Waals surface area contributed by atoms with E-state index >= 15 is 0 Å². The third kappa shape index (κ3) is 3.72. The van der Waals surface area contributed by atoms with Gasteiger partial charge in [0.1, 0.15) is 5.69 Å². The number of hydrogen-bond donors (Lipinski definition) is 3. The van der Waals surface area contributed by atoms with Gasteiger partial charge in [0.15, 0.2) is 0 Å². The van der Waals surface area contributed by atoms with Gasteiger partial charge in [0.2, 0.25) is 0 Å². The second-order valence-corrected chi connectivity index (χ2v) is 6.69. The first-order valence-electron chi connectivity index (χ1n) is 8.01. The average Bonchev–Trinajstić information content (AvgIpc) is 3.28. The predicted molar refractivity (Wildman–Crippen MR) is 107 cm³/mol. The lowest BCUT2D eigenvalue weighted by Gasteiger charge is -1.98. The number of halogens is 2. The van der Waals surface area contributed by atoms with Crippen molar-refractivity contribution in [2.75, 3.05) is 0 Å². The fourth-order valence-corrected chi connectivity index (χ4v) is 3.24. The number of para-hydroxylation sites is 1. The van der Waals surface area contributed by atoms with E-state index in [-0.39, 0.29) is 5.69 Å². The fourth-order valence-electron chi connectivity index (χ4n) is 2.71. The Morgan fingerprint density at radius 1 is 1.11 bits per heavy atom. The summed E-state index contributed by atoms with van der Waals surface area (Å²) < 4.78 is 0. The molecule has 0 aliphatic carbocycles. The van der Waals surface area contributed by atoms with E-state index in [9.17, 15) is 4.79 Å². The molecule has 1 amide bonds. The van der Waals surface area contributed by atoms with E-state index in [2.05, 4.69) is 25.7 Å². The molecule has 0 aliphatic heterocycles. The van der Waals surface area contributed by atoms with Crippen molar-refractivity contribution >= 4 is 46.2 Å². The van der Waals surface area contributed by atoms with Crippen LogP contribution < -0.4 is 5.43 Å². The SMILES string of the molecule is O=C(N/N=C\c1c[nH]c2ccccc12)c1cc(-c2cc(Cl)cc(Cl)c2)n[nH]1. The van der Waals surface area contributed by atoms with Crippen molar-refractivity contribution in [1.82, 2.24) is 20.6 Å². The molecule has 3 N–H and O–H groups in total. The van der Waals surface area contributed by atoms with E-state index in [1.165, 1.54) is 0 Å². The number of fused-ring (bicyclic) bond motifs is 1. The van der Waals surface area contributed by atoms with Crippen LogP contribution in [0.25, 0.3) is 22.2 Å². The maximum atomic E-state index is 12.3. The molecular weight excluding hydrogens is 385 g/mol. The van der Waals surface area contributed by atoms with Gasteiger partial charge < -0.3 is 4.98 Å². The molecule has 0 aliphatic rings. The Morgan fingerprint density at radius 2 is 1.89 bits per heavy atom. The molecule has 0 bridgehead atoms. The standard InChI is InChI=1S/C19H13Cl2N5O/c20-13-5-11(6-14(21)7-13)17-8-18(25-24-17)19(27)26-23-10-12-9-22-16-4-2-1-3-15(12)16/h1-10,22H,(H,24,25)(H,26,27)/b23-10-. The van der Waals surface area contributed by atoms with Crippen LogP contribution in [-0.4, -0.2) is 27.3 Å². The first-order chi connectivity index (χ1) is 13.1. The summed E-state index contributed by atoms with van der Waals surface area (Å²) in [5.74, 6) is -0.405. The Labute approximate surface area is 164 Å². The molecule has 4 rings (SSSR count). The summed E-state index contributed by atoms with van der Waals surface area (Å²) in [6, 6.07) is 14.5. The quantitative estimate of drug-likeness (QED) is 0.346. The van der Waals surface area contributed by atoms with Crippen LogP contribution in [0.15, 0.2) is 59.8 Å². The maximum Gasteiger partial charge on any atom is 0.289 e. The first kappa shape index (κ1) is 17.3. The number of benzene rings is 2. The zero-order valence-corrected chi connectivity index (χ0v) is 15.3. The van der Waals surface area contributed by atoms with Gasteiger partial charge in [-0.25, -0.2) is 5.43 Å². The topological polar surface area (TPSA) is 85.9 Å². The smallest absolute Gasteiger partial charge is 0.289 e. The van der Waals surface area contributed by atoms with Crippen molar-refractivity contribution < 1.29 is 4.79 Å². The molecule has 0 fully saturated rings. The number of carbonyl (C=O) groups is 1. The van der Waals surface area contributed by atoms with Crippen molar-refractivity contribution in [2.24, 2.45) is 5.10 Å². The van der Waals surface area contributed by atoms with Gasteiger partial charge >= 0.3 is 0 Å². The van der Waals surface area contributed by atoms with Crippen LogP contribution in [0.4, 0.5) is 0 Å². The number of hydrogen-bond acceptors (Lipinski definition) is 3. The van der Waals surface area contributed by atoms with Crippen LogP contribution in [0.1, 0.15) is 16.1 Å². The number of aromatic amines is 2. The Hall–Kier alpha value is -3.09. The number of carbonyl (C=O) groups excluding carboxylic acids is 1. The summed E-state index contributed by atoms with van der Waals surface area (Å²) in [6.07, 6.45) is 3.42. The molecule has 27 heavy (non-hydrogen) atoms. The highest BCUT2D eigenvalue weighted by Gasteiger charge is 2.11. The molecule has 0 spiro atoms. The van der Waals surface area contributed by atoms with E-state index in [4.69, 9.17) is 23.2 Å². The van der Waals surface area contributed by atoms with Crippen LogP contribution in [0, 0.1) is 0 Å². The summed E-state index contributed by atoms with van der Waals surface area (Å²) in [6.45, 7) is 0. The normalized spacial score (nSPS) is 11.3. The molecular formula is C19H13Cl2N5O. The average molecular weight is 398 g/mol. The highest BCUT2D eigenvalue weighted by molar-refractivity contribution is 6.35. The highest BCUT2D eigenvalue weighted by atomic mass is 35.5. The number of nitrogens with zero attached hydrogens (tertiary/aromatic N) is 2. The molecule has 0 atom stereocenters. The number of amides is 1. The minimum Gasteiger partial charge on any atom is -0.361 e. The molecule has 4 aromatic rings. The number of hydrazone groups is 1. The number of aromatic nitrogens is 3. The monoisotopic (exact) mass is 397 g/mol. The Morgan fingerprint density at radius 3 is 2.70 bits per heavy atom. The molecule has 2 aromatic carbocycles. The molecule has 8 heteroatoms. The van der Waals surface area contributed by atoms with Gasteiger partial charge in [-0.15, -0.1) is 0 Å². The van der Waals surface area contributed by atoms with Crippen LogP contribution in [-0.2, 0) is 0 Å². The Kier molecular flexibility index (Phi) is 4.66. The molecule has 2 aromatic heterocycles. The van der Waals surface area contributed by atoms with Crippen LogP contribution in [0.3, 0.4) is 0 Å². The zero-order chi connectivity index (χ0) is 18.8. The minimum absolute atomic E-state index is 0.275. The van der Waals surface area contributed by atoms with Crippen LogP contribution >= 0.6 is 23.2 Å². The Balaban J connectivity index is 1.48. The lowest BCUT2D eigenvalue weighted by molar-refractivity contribution is 0.0950. The highest BCUT2D eigenvalue weighted by Crippen LogP contribution is 2.26. The molecule has 0 radical (unpaired) electrons. The summed E-state index contributed by atoms with van der Waals surface area (Å²) in [5, 5.41) is 12.8. The summed E-state index contributed by atoms with van der Waals surface area (Å²) in [4.78, 5) is 15.4. The maximum absolute atomic E-state index is 12.3. The lowest BCUT2D eigenvalue weighted by Crippen LogP contribution is -2.17. The van der Waals surface area contributed by atoms with Crippen molar-refractivity contribution in [3.63, 3.8) is 0 Å². The molecule has 2 heterocycles. The minimum atomic E-state index is -0.405. The van der Waals surface area contributed by atoms with Gasteiger partial charge in [0.25, 0.3) is 5.91 Å². The second-order valence-electron chi connectivity index (χ2n) is 5.81. The second kappa shape index (κ2) is 7.26.